The van der Waals surface area contributed by atoms with Crippen molar-refractivity contribution < 1.29 is 14.3 Å². The zero-order valence-corrected chi connectivity index (χ0v) is 16.4. The van der Waals surface area contributed by atoms with Gasteiger partial charge in [0.1, 0.15) is 5.75 Å². The number of amides is 1. The molecule has 27 heavy (non-hydrogen) atoms. The molecule has 1 aromatic rings. The van der Waals surface area contributed by atoms with Crippen molar-refractivity contribution in [2.24, 2.45) is 17.8 Å². The van der Waals surface area contributed by atoms with E-state index in [0.717, 1.165) is 37.6 Å². The van der Waals surface area contributed by atoms with Gasteiger partial charge in [-0.2, -0.15) is 0 Å². The average molecular weight is 368 g/mol. The van der Waals surface area contributed by atoms with Crippen molar-refractivity contribution in [3.05, 3.63) is 23.8 Å². The minimum absolute atomic E-state index is 0.0589. The Hall–Kier alpha value is -1.59. The topological polar surface area (TPSA) is 42.0 Å². The molecule has 5 aliphatic rings. The average Bonchev–Trinajstić information content (AvgIpc) is 3.20. The second-order valence-corrected chi connectivity index (χ2v) is 9.28. The van der Waals surface area contributed by atoms with E-state index in [1.165, 1.54) is 12.0 Å². The SMILES string of the molecule is COc1ccc2c(c1)N(C(C)=O)C1C3COC(C)C4CN5CCC21C5CC43. The Morgan fingerprint density at radius 2 is 2.15 bits per heavy atom. The molecule has 1 aliphatic carbocycles. The largest absolute Gasteiger partial charge is 0.497 e. The van der Waals surface area contributed by atoms with Gasteiger partial charge in [0.05, 0.1) is 31.5 Å². The van der Waals surface area contributed by atoms with Crippen LogP contribution in [0.2, 0.25) is 0 Å². The molecule has 5 nitrogen and oxygen atoms in total. The maximum Gasteiger partial charge on any atom is 0.224 e. The molecule has 7 atom stereocenters. The van der Waals surface area contributed by atoms with E-state index in [9.17, 15) is 4.79 Å². The van der Waals surface area contributed by atoms with Crippen LogP contribution in [-0.4, -0.2) is 55.8 Å². The number of carbonyl (C=O) groups excluding carboxylic acids is 1. The fourth-order valence-corrected chi connectivity index (χ4v) is 7.59. The van der Waals surface area contributed by atoms with Crippen LogP contribution in [0.15, 0.2) is 18.2 Å². The molecular formula is C22H28N2O3. The number of methoxy groups -OCH3 is 1. The monoisotopic (exact) mass is 368 g/mol. The van der Waals surface area contributed by atoms with Crippen LogP contribution in [0, 0.1) is 17.8 Å². The predicted octanol–water partition coefficient (Wildman–Crippen LogP) is 2.43. The summed E-state index contributed by atoms with van der Waals surface area (Å²) in [4.78, 5) is 17.7. The first-order chi connectivity index (χ1) is 13.1. The predicted molar refractivity (Wildman–Crippen MR) is 102 cm³/mol. The first-order valence-corrected chi connectivity index (χ1v) is 10.4. The molecule has 6 rings (SSSR count). The Bertz CT molecular complexity index is 826. The molecule has 0 aromatic heterocycles. The minimum atomic E-state index is 0.0589. The number of fused-ring (bicyclic) bond motifs is 2. The summed E-state index contributed by atoms with van der Waals surface area (Å²) < 4.78 is 11.8. The van der Waals surface area contributed by atoms with E-state index >= 15 is 0 Å². The lowest BCUT2D eigenvalue weighted by Gasteiger charge is -2.60. The smallest absolute Gasteiger partial charge is 0.224 e. The van der Waals surface area contributed by atoms with E-state index in [1.54, 1.807) is 14.0 Å². The zero-order chi connectivity index (χ0) is 18.5. The molecule has 4 fully saturated rings. The third-order valence-corrected chi connectivity index (χ3v) is 8.56. The minimum Gasteiger partial charge on any atom is -0.497 e. The Kier molecular flexibility index (Phi) is 3.19. The van der Waals surface area contributed by atoms with Gasteiger partial charge >= 0.3 is 0 Å². The van der Waals surface area contributed by atoms with Crippen molar-refractivity contribution in [2.75, 3.05) is 31.7 Å². The van der Waals surface area contributed by atoms with Crippen LogP contribution in [0.5, 0.6) is 5.75 Å². The van der Waals surface area contributed by atoms with Crippen molar-refractivity contribution in [2.45, 2.75) is 50.3 Å². The summed E-state index contributed by atoms with van der Waals surface area (Å²) in [5.41, 5.74) is 2.51. The highest BCUT2D eigenvalue weighted by atomic mass is 16.5. The highest BCUT2D eigenvalue weighted by Crippen LogP contribution is 2.64. The molecular weight excluding hydrogens is 340 g/mol. The summed E-state index contributed by atoms with van der Waals surface area (Å²) in [5, 5.41) is 0. The van der Waals surface area contributed by atoms with Gasteiger partial charge in [0, 0.05) is 42.8 Å². The lowest BCUT2D eigenvalue weighted by Crippen LogP contribution is -2.69. The van der Waals surface area contributed by atoms with E-state index in [0.29, 0.717) is 29.9 Å². The first kappa shape index (κ1) is 16.4. The van der Waals surface area contributed by atoms with Crippen LogP contribution >= 0.6 is 0 Å². The number of benzene rings is 1. The highest BCUT2D eigenvalue weighted by Gasteiger charge is 2.69. The van der Waals surface area contributed by atoms with Crippen molar-refractivity contribution in [1.82, 2.24) is 4.90 Å². The number of piperidine rings is 1. The number of nitrogens with zero attached hydrogens (tertiary/aromatic N) is 2. The summed E-state index contributed by atoms with van der Waals surface area (Å²) in [7, 11) is 1.70. The summed E-state index contributed by atoms with van der Waals surface area (Å²) in [5.74, 6) is 2.69. The Morgan fingerprint density at radius 3 is 2.93 bits per heavy atom. The molecule has 4 heterocycles. The number of ether oxygens (including phenoxy) is 2. The quantitative estimate of drug-likeness (QED) is 0.764. The normalized spacial score (nSPS) is 44.0. The summed E-state index contributed by atoms with van der Waals surface area (Å²) in [6, 6.07) is 7.18. The van der Waals surface area contributed by atoms with Crippen LogP contribution in [0.1, 0.15) is 32.3 Å². The maximum absolute atomic E-state index is 12.9. The third-order valence-electron chi connectivity index (χ3n) is 8.56. The number of rotatable bonds is 1. The fraction of sp³-hybridized carbons (Fsp3) is 0.682. The number of hydrogen-bond acceptors (Lipinski definition) is 4. The summed E-state index contributed by atoms with van der Waals surface area (Å²) in [6.07, 6.45) is 2.74. The van der Waals surface area contributed by atoms with Crippen molar-refractivity contribution in [1.29, 1.82) is 0 Å². The summed E-state index contributed by atoms with van der Waals surface area (Å²) in [6.45, 7) is 7.06. The first-order valence-electron chi connectivity index (χ1n) is 10.4. The van der Waals surface area contributed by atoms with E-state index in [4.69, 9.17) is 9.47 Å². The van der Waals surface area contributed by atoms with Gasteiger partial charge in [0.2, 0.25) is 5.91 Å². The van der Waals surface area contributed by atoms with Gasteiger partial charge in [-0.3, -0.25) is 9.69 Å². The number of hydrogen-bond donors (Lipinski definition) is 0. The second kappa shape index (κ2) is 5.26. The van der Waals surface area contributed by atoms with Gasteiger partial charge < -0.3 is 14.4 Å². The zero-order valence-electron chi connectivity index (χ0n) is 16.4. The molecule has 0 radical (unpaired) electrons. The highest BCUT2D eigenvalue weighted by molar-refractivity contribution is 5.96. The fourth-order valence-electron chi connectivity index (χ4n) is 7.59. The van der Waals surface area contributed by atoms with Gasteiger partial charge in [-0.05, 0) is 43.9 Å². The lowest BCUT2D eigenvalue weighted by molar-refractivity contribution is -0.153. The van der Waals surface area contributed by atoms with Crippen LogP contribution in [0.25, 0.3) is 0 Å². The number of carbonyl (C=O) groups is 1. The van der Waals surface area contributed by atoms with E-state index in [1.807, 2.05) is 0 Å². The van der Waals surface area contributed by atoms with Crippen LogP contribution in [0.3, 0.4) is 0 Å². The Labute approximate surface area is 160 Å². The Morgan fingerprint density at radius 1 is 1.30 bits per heavy atom. The molecule has 1 aromatic carbocycles. The summed E-state index contributed by atoms with van der Waals surface area (Å²) >= 11 is 0. The molecule has 3 saturated heterocycles. The van der Waals surface area contributed by atoms with Gasteiger partial charge in [0.25, 0.3) is 0 Å². The van der Waals surface area contributed by atoms with Crippen molar-refractivity contribution >= 4 is 11.6 Å². The van der Waals surface area contributed by atoms with Crippen LogP contribution in [-0.2, 0) is 14.9 Å². The van der Waals surface area contributed by atoms with Crippen molar-refractivity contribution in [3.63, 3.8) is 0 Å². The molecule has 1 saturated carbocycles. The maximum atomic E-state index is 12.9. The molecule has 0 N–H and O–H groups in total. The Balaban J connectivity index is 1.58. The molecule has 7 unspecified atom stereocenters. The van der Waals surface area contributed by atoms with Gasteiger partial charge in [-0.15, -0.1) is 0 Å². The molecule has 2 bridgehead atoms. The van der Waals surface area contributed by atoms with Gasteiger partial charge in [0.15, 0.2) is 0 Å². The lowest BCUT2D eigenvalue weighted by atomic mass is 9.53. The van der Waals surface area contributed by atoms with Crippen molar-refractivity contribution in [3.8, 4) is 5.75 Å². The van der Waals surface area contributed by atoms with E-state index < -0.39 is 0 Å². The van der Waals surface area contributed by atoms with Gasteiger partial charge in [-0.1, -0.05) is 6.07 Å². The standard InChI is InChI=1S/C22H28N2O3/c1-12-16-10-23-7-6-22-18-5-4-14(26-3)8-19(18)24(13(2)25)21(22)17(11-27-12)15(16)9-20(22)23/h4-5,8,12,15-17,20-21H,6-7,9-11H2,1-3H3. The van der Waals surface area contributed by atoms with E-state index in [2.05, 4.69) is 34.9 Å². The molecule has 144 valence electrons. The molecule has 1 spiro atoms. The van der Waals surface area contributed by atoms with Crippen LogP contribution < -0.4 is 9.64 Å². The number of anilines is 1. The van der Waals surface area contributed by atoms with Crippen LogP contribution in [0.4, 0.5) is 5.69 Å². The van der Waals surface area contributed by atoms with Gasteiger partial charge in [-0.25, -0.2) is 0 Å². The third kappa shape index (κ3) is 1.81. The molecule has 4 aliphatic heterocycles. The van der Waals surface area contributed by atoms with E-state index in [-0.39, 0.29) is 17.4 Å². The molecule has 5 heteroatoms. The molecule has 1 amide bonds. The second-order valence-electron chi connectivity index (χ2n) is 9.28.